The van der Waals surface area contributed by atoms with Crippen molar-refractivity contribution in [3.8, 4) is 5.75 Å². The summed E-state index contributed by atoms with van der Waals surface area (Å²) >= 11 is 3.29. The minimum atomic E-state index is -0.599. The fourth-order valence-electron chi connectivity index (χ4n) is 1.51. The molecule has 0 unspecified atom stereocenters. The average Bonchev–Trinajstić information content (AvgIpc) is 2.41. The number of rotatable bonds is 3. The highest BCUT2D eigenvalue weighted by atomic mass is 79.9. The molecule has 0 atom stereocenters. The predicted octanol–water partition coefficient (Wildman–Crippen LogP) is 3.24. The van der Waals surface area contributed by atoms with Crippen molar-refractivity contribution in [2.75, 3.05) is 12.4 Å². The van der Waals surface area contributed by atoms with Gasteiger partial charge in [-0.25, -0.2) is 4.98 Å². The zero-order chi connectivity index (χ0) is 13.8. The molecule has 0 bridgehead atoms. The second-order valence-corrected chi connectivity index (χ2v) is 4.58. The van der Waals surface area contributed by atoms with Crippen LogP contribution in [0.4, 0.5) is 10.1 Å². The number of aromatic nitrogens is 1. The molecule has 98 valence electrons. The lowest BCUT2D eigenvalue weighted by Gasteiger charge is -2.09. The van der Waals surface area contributed by atoms with Gasteiger partial charge in [0.25, 0.3) is 5.91 Å². The van der Waals surface area contributed by atoms with Crippen molar-refractivity contribution in [1.29, 1.82) is 0 Å². The van der Waals surface area contributed by atoms with Crippen molar-refractivity contribution in [2.24, 2.45) is 0 Å². The fourth-order valence-corrected chi connectivity index (χ4v) is 1.87. The molecule has 0 fully saturated rings. The summed E-state index contributed by atoms with van der Waals surface area (Å²) in [7, 11) is 1.49. The number of amides is 1. The van der Waals surface area contributed by atoms with Gasteiger partial charge in [0.15, 0.2) is 0 Å². The van der Waals surface area contributed by atoms with Gasteiger partial charge in [-0.05, 0) is 30.3 Å². The van der Waals surface area contributed by atoms with Gasteiger partial charge in [0.1, 0.15) is 5.75 Å². The molecule has 0 saturated heterocycles. The van der Waals surface area contributed by atoms with Crippen LogP contribution < -0.4 is 10.1 Å². The van der Waals surface area contributed by atoms with Crippen LogP contribution >= 0.6 is 15.9 Å². The van der Waals surface area contributed by atoms with E-state index in [4.69, 9.17) is 4.74 Å². The molecular weight excluding hydrogens is 315 g/mol. The lowest BCUT2D eigenvalue weighted by atomic mass is 10.2. The van der Waals surface area contributed by atoms with Crippen LogP contribution in [-0.4, -0.2) is 18.0 Å². The number of benzene rings is 1. The van der Waals surface area contributed by atoms with Crippen LogP contribution in [0.3, 0.4) is 0 Å². The van der Waals surface area contributed by atoms with Crippen LogP contribution in [0, 0.1) is 5.95 Å². The summed E-state index contributed by atoms with van der Waals surface area (Å²) < 4.78 is 18.5. The molecule has 0 aliphatic rings. The molecule has 1 aromatic carbocycles. The maximum Gasteiger partial charge on any atom is 0.259 e. The Bertz CT molecular complexity index is 602. The number of carbonyl (C=O) groups is 1. The summed E-state index contributed by atoms with van der Waals surface area (Å²) in [4.78, 5) is 15.6. The molecule has 0 spiro atoms. The highest BCUT2D eigenvalue weighted by Crippen LogP contribution is 2.23. The normalized spacial score (nSPS) is 10.1. The van der Waals surface area contributed by atoms with E-state index >= 15 is 0 Å². The van der Waals surface area contributed by atoms with E-state index in [0.717, 1.165) is 4.47 Å². The number of methoxy groups -OCH3 is 1. The maximum absolute atomic E-state index is 12.7. The number of ether oxygens (including phenoxy) is 1. The Morgan fingerprint density at radius 1 is 1.37 bits per heavy atom. The molecule has 2 aromatic rings. The first-order valence-corrected chi connectivity index (χ1v) is 6.16. The van der Waals surface area contributed by atoms with Gasteiger partial charge in [-0.3, -0.25) is 4.79 Å². The Kier molecular flexibility index (Phi) is 4.11. The molecule has 1 heterocycles. The third-order valence-corrected chi connectivity index (χ3v) is 2.88. The molecule has 0 aliphatic carbocycles. The second kappa shape index (κ2) is 5.79. The van der Waals surface area contributed by atoms with E-state index in [1.807, 2.05) is 0 Å². The Morgan fingerprint density at radius 3 is 2.79 bits per heavy atom. The average molecular weight is 325 g/mol. The maximum atomic E-state index is 12.7. The largest absolute Gasteiger partial charge is 0.496 e. The Hall–Kier alpha value is -1.95. The minimum absolute atomic E-state index is 0.355. The smallest absolute Gasteiger partial charge is 0.259 e. The second-order valence-electron chi connectivity index (χ2n) is 3.67. The van der Waals surface area contributed by atoms with E-state index in [0.29, 0.717) is 17.0 Å². The Balaban J connectivity index is 2.24. The van der Waals surface area contributed by atoms with Gasteiger partial charge in [0.2, 0.25) is 5.95 Å². The number of nitrogens with zero attached hydrogens (tertiary/aromatic N) is 1. The summed E-state index contributed by atoms with van der Waals surface area (Å²) in [5, 5.41) is 2.62. The van der Waals surface area contributed by atoms with Gasteiger partial charge in [0, 0.05) is 4.47 Å². The summed E-state index contributed by atoms with van der Waals surface area (Å²) in [5.74, 6) is -0.500. The van der Waals surface area contributed by atoms with Gasteiger partial charge in [0.05, 0.1) is 24.6 Å². The molecule has 19 heavy (non-hydrogen) atoms. The van der Waals surface area contributed by atoms with Crippen molar-refractivity contribution in [1.82, 2.24) is 4.98 Å². The topological polar surface area (TPSA) is 51.2 Å². The van der Waals surface area contributed by atoms with Crippen LogP contribution in [0.5, 0.6) is 5.75 Å². The van der Waals surface area contributed by atoms with E-state index < -0.39 is 5.95 Å². The van der Waals surface area contributed by atoms with Gasteiger partial charge in [-0.1, -0.05) is 15.9 Å². The summed E-state index contributed by atoms with van der Waals surface area (Å²) in [6.07, 6.45) is 1.25. The Labute approximate surface area is 117 Å². The predicted molar refractivity (Wildman–Crippen MR) is 72.8 cm³/mol. The van der Waals surface area contributed by atoms with E-state index in [9.17, 15) is 9.18 Å². The SMILES string of the molecule is COc1ccc(Br)cc1C(=O)Nc1ccc(F)nc1. The highest BCUT2D eigenvalue weighted by molar-refractivity contribution is 9.10. The van der Waals surface area contributed by atoms with Crippen LogP contribution in [0.25, 0.3) is 0 Å². The molecule has 0 aliphatic heterocycles. The van der Waals surface area contributed by atoms with Crippen molar-refractivity contribution < 1.29 is 13.9 Å². The van der Waals surface area contributed by atoms with Gasteiger partial charge >= 0.3 is 0 Å². The molecular formula is C13H10BrFN2O2. The highest BCUT2D eigenvalue weighted by Gasteiger charge is 2.13. The zero-order valence-electron chi connectivity index (χ0n) is 9.98. The van der Waals surface area contributed by atoms with E-state index in [1.165, 1.54) is 25.4 Å². The molecule has 0 radical (unpaired) electrons. The molecule has 4 nitrogen and oxygen atoms in total. The molecule has 2 rings (SSSR count). The molecule has 1 aromatic heterocycles. The zero-order valence-corrected chi connectivity index (χ0v) is 11.6. The number of halogens is 2. The summed E-state index contributed by atoms with van der Waals surface area (Å²) in [5.41, 5.74) is 0.787. The summed E-state index contributed by atoms with van der Waals surface area (Å²) in [6, 6.07) is 7.71. The first kappa shape index (κ1) is 13.5. The molecule has 1 N–H and O–H groups in total. The summed E-state index contributed by atoms with van der Waals surface area (Å²) in [6.45, 7) is 0. The third kappa shape index (κ3) is 3.29. The molecule has 0 saturated carbocycles. The van der Waals surface area contributed by atoms with Crippen molar-refractivity contribution in [3.63, 3.8) is 0 Å². The monoisotopic (exact) mass is 324 g/mol. The van der Waals surface area contributed by atoms with Crippen molar-refractivity contribution >= 4 is 27.5 Å². The Morgan fingerprint density at radius 2 is 2.16 bits per heavy atom. The molecule has 6 heteroatoms. The lowest BCUT2D eigenvalue weighted by molar-refractivity contribution is 0.102. The van der Waals surface area contributed by atoms with E-state index in [-0.39, 0.29) is 5.91 Å². The lowest BCUT2D eigenvalue weighted by Crippen LogP contribution is -2.13. The number of hydrogen-bond donors (Lipinski definition) is 1. The first-order valence-electron chi connectivity index (χ1n) is 5.36. The van der Waals surface area contributed by atoms with Gasteiger partial charge in [-0.2, -0.15) is 4.39 Å². The minimum Gasteiger partial charge on any atom is -0.496 e. The first-order chi connectivity index (χ1) is 9.10. The van der Waals surface area contributed by atoms with Crippen LogP contribution in [0.2, 0.25) is 0 Å². The number of pyridine rings is 1. The number of anilines is 1. The van der Waals surface area contributed by atoms with Gasteiger partial charge in [-0.15, -0.1) is 0 Å². The van der Waals surface area contributed by atoms with Crippen LogP contribution in [0.1, 0.15) is 10.4 Å². The van der Waals surface area contributed by atoms with Crippen LogP contribution in [0.15, 0.2) is 41.0 Å². The number of carbonyl (C=O) groups excluding carboxylic acids is 1. The van der Waals surface area contributed by atoms with Gasteiger partial charge < -0.3 is 10.1 Å². The fraction of sp³-hybridized carbons (Fsp3) is 0.0769. The quantitative estimate of drug-likeness (QED) is 0.882. The third-order valence-electron chi connectivity index (χ3n) is 2.39. The standard InChI is InChI=1S/C13H10BrFN2O2/c1-19-11-4-2-8(14)6-10(11)13(18)17-9-3-5-12(15)16-7-9/h2-7H,1H3,(H,17,18). The van der Waals surface area contributed by atoms with Crippen molar-refractivity contribution in [3.05, 3.63) is 52.5 Å². The number of nitrogens with one attached hydrogen (secondary N) is 1. The molecule has 1 amide bonds. The van der Waals surface area contributed by atoms with Crippen molar-refractivity contribution in [2.45, 2.75) is 0 Å². The number of hydrogen-bond acceptors (Lipinski definition) is 3. The van der Waals surface area contributed by atoms with Crippen LogP contribution in [-0.2, 0) is 0 Å². The van der Waals surface area contributed by atoms with E-state index in [1.54, 1.807) is 18.2 Å². The van der Waals surface area contributed by atoms with E-state index in [2.05, 4.69) is 26.2 Å².